The number of hydrogen-bond donors (Lipinski definition) is 4. The quantitative estimate of drug-likeness (QED) is 0.0859. The summed E-state index contributed by atoms with van der Waals surface area (Å²) >= 11 is 0. The number of amides is 6. The molecule has 4 N–H and O–H groups in total. The number of nitrogens with zero attached hydrogens (tertiary/aromatic N) is 4. The zero-order valence-corrected chi connectivity index (χ0v) is 40.4. The molecule has 6 rings (SSSR count). The Hall–Kier alpha value is -6.86. The van der Waals surface area contributed by atoms with Crippen LogP contribution in [0.5, 0.6) is 0 Å². The second kappa shape index (κ2) is 23.1. The summed E-state index contributed by atoms with van der Waals surface area (Å²) in [6.07, 6.45) is -11.7. The van der Waals surface area contributed by atoms with Crippen molar-refractivity contribution in [3.05, 3.63) is 59.2 Å². The number of carbonyl (C=O) groups excluding carboxylic acids is 8. The molecule has 0 radical (unpaired) electrons. The van der Waals surface area contributed by atoms with E-state index < -0.39 is 187 Å². The molecule has 72 heavy (non-hydrogen) atoms. The number of H-pyrrole nitrogens is 2. The van der Waals surface area contributed by atoms with Crippen LogP contribution in [0.1, 0.15) is 120 Å². The average Bonchev–Trinajstić information content (AvgIpc) is 1.61. The molecule has 2 aromatic heterocycles. The van der Waals surface area contributed by atoms with E-state index in [4.69, 9.17) is 25.9 Å². The molecule has 2 aliphatic rings. The number of aromatic amines is 2. The average molecular weight is 1020 g/mol. The number of ketones is 1. The maximum atomic E-state index is 15.4. The first-order valence-electron chi connectivity index (χ1n) is 31.2. The number of halogens is 2. The number of urea groups is 1. The van der Waals surface area contributed by atoms with Gasteiger partial charge < -0.3 is 49.7 Å². The molecule has 0 saturated carbocycles. The van der Waals surface area contributed by atoms with Gasteiger partial charge in [0.05, 0.1) is 30.5 Å². The van der Waals surface area contributed by atoms with Crippen LogP contribution in [-0.4, -0.2) is 153 Å². The van der Waals surface area contributed by atoms with Crippen LogP contribution in [0, 0.1) is 17.6 Å². The molecule has 2 aromatic carbocycles. The van der Waals surface area contributed by atoms with E-state index in [1.807, 2.05) is 0 Å². The van der Waals surface area contributed by atoms with Crippen LogP contribution in [0.15, 0.2) is 36.4 Å². The minimum absolute atomic E-state index is 0.0349. The van der Waals surface area contributed by atoms with Crippen LogP contribution in [0.25, 0.3) is 33.2 Å². The van der Waals surface area contributed by atoms with Gasteiger partial charge in [-0.05, 0) is 87.0 Å². The second-order valence-corrected chi connectivity index (χ2v) is 17.7. The van der Waals surface area contributed by atoms with Crippen LogP contribution in [-0.2, 0) is 55.8 Å². The van der Waals surface area contributed by atoms with Crippen LogP contribution >= 0.6 is 0 Å². The van der Waals surface area contributed by atoms with Gasteiger partial charge in [0.1, 0.15) is 35.9 Å². The lowest BCUT2D eigenvalue weighted by Crippen LogP contribution is -2.54. The molecule has 6 amide bonds. The van der Waals surface area contributed by atoms with Crippen molar-refractivity contribution in [3.8, 4) is 11.4 Å². The SMILES string of the molecule is [2H]C([2H])([2H])CC(=O)N([C@@H](C)C(=O)N[C@@H](CC)C(=O)N1C[C@@H](OC(C)=O)C[C@H]1C([2H])([2H])c1c(-c2[nH]c3cc(F)ccc3c2C([2H])([2H])[C@@H]2C[C@H](OC(C)=O)CN2C(=O)[C@H](CC)CC(=O)[C@H](C)N(C(=O)NC([2H])([2H])[2H])C([2H])([2H])[2H])[nH]c2cc(F)ccc12)C([2H])([2H])[2H]. The van der Waals surface area contributed by atoms with Gasteiger partial charge in [-0.1, -0.05) is 20.7 Å². The Kier molecular flexibility index (Phi) is 11.6. The number of rotatable bonds is 19. The summed E-state index contributed by atoms with van der Waals surface area (Å²) in [6.45, 7) is -6.82. The molecule has 2 saturated heterocycles. The molecule has 20 heteroatoms. The summed E-state index contributed by atoms with van der Waals surface area (Å²) < 4.78 is 175. The lowest BCUT2D eigenvalue weighted by atomic mass is 9.93. The molecule has 8 atom stereocenters. The predicted molar refractivity (Wildman–Crippen MR) is 264 cm³/mol. The minimum Gasteiger partial charge on any atom is -0.461 e. The van der Waals surface area contributed by atoms with Crippen molar-refractivity contribution in [2.75, 3.05) is 34.0 Å². The van der Waals surface area contributed by atoms with E-state index in [9.17, 15) is 39.0 Å². The van der Waals surface area contributed by atoms with Gasteiger partial charge in [-0.25, -0.2) is 13.6 Å². The monoisotopic (exact) mass is 1020 g/mol. The highest BCUT2D eigenvalue weighted by molar-refractivity contribution is 5.97. The molecular formula is C52H68F2N8O10. The number of carbonyl (C=O) groups is 8. The zero-order chi connectivity index (χ0) is 66.5. The van der Waals surface area contributed by atoms with Crippen molar-refractivity contribution < 1.29 is 78.5 Å². The number of likely N-dealkylation sites (tertiary alicyclic amines) is 2. The van der Waals surface area contributed by atoms with Gasteiger partial charge in [-0.3, -0.25) is 33.6 Å². The van der Waals surface area contributed by atoms with E-state index in [1.54, 1.807) is 0 Å². The van der Waals surface area contributed by atoms with Gasteiger partial charge >= 0.3 is 18.0 Å². The van der Waals surface area contributed by atoms with E-state index in [2.05, 4.69) is 15.3 Å². The Morgan fingerprint density at radius 3 is 1.76 bits per heavy atom. The molecular weight excluding hydrogens is 935 g/mol. The van der Waals surface area contributed by atoms with E-state index >= 15 is 13.6 Å². The Bertz CT molecular complexity index is 3140. The number of fused-ring (bicyclic) bond motifs is 2. The van der Waals surface area contributed by atoms with Gasteiger partial charge in [0.2, 0.25) is 23.6 Å². The standard InChI is InChI=1S/C52H68F2N8O10/c1-11-31(18-45(65)27(4)60(10)52(70)55-8)50(68)61-25-36(71-29(6)63)21-34(61)23-40-38-16-14-32(53)19-43(38)56-47(40)48-41(39-17-15-33(54)20-44(39)57-48)24-35-22-37(72-30(7)64)26-62(35)51(69)42(12-2)58-49(67)28(5)59(9)46(66)13-3/h14-17,19-20,27-28,31,34-37,42,56-57H,11-13,18,21-26H2,1-10H3,(H,55,70)(H,58,67)/t27-,28-,31+,34-,35-,36-,37-,42-/m0/s1/i3D3,8D3,9D3,10D3,23D2,24D2. The first kappa shape index (κ1) is 36.1. The van der Waals surface area contributed by atoms with Crippen molar-refractivity contribution in [3.63, 3.8) is 0 Å². The van der Waals surface area contributed by atoms with Gasteiger partial charge in [-0.2, -0.15) is 0 Å². The van der Waals surface area contributed by atoms with E-state index in [-0.39, 0.29) is 67.0 Å². The number of esters is 2. The highest BCUT2D eigenvalue weighted by Crippen LogP contribution is 2.40. The van der Waals surface area contributed by atoms with Gasteiger partial charge in [0, 0.05) is 122 Å². The zero-order valence-electron chi connectivity index (χ0n) is 56.4. The lowest BCUT2D eigenvalue weighted by molar-refractivity contribution is -0.147. The van der Waals surface area contributed by atoms with Crippen LogP contribution in [0.3, 0.4) is 0 Å². The minimum atomic E-state index is -3.37. The predicted octanol–water partition coefficient (Wildman–Crippen LogP) is 5.54. The Balaban J connectivity index is 1.49. The molecule has 0 aliphatic carbocycles. The summed E-state index contributed by atoms with van der Waals surface area (Å²) in [5.74, 6) is -10.4. The third-order valence-electron chi connectivity index (χ3n) is 12.8. The van der Waals surface area contributed by atoms with Crippen molar-refractivity contribution in [1.29, 1.82) is 0 Å². The third-order valence-corrected chi connectivity index (χ3v) is 12.8. The van der Waals surface area contributed by atoms with Crippen LogP contribution in [0.2, 0.25) is 0 Å². The van der Waals surface area contributed by atoms with E-state index in [0.29, 0.717) is 0 Å². The Morgan fingerprint density at radius 2 is 1.31 bits per heavy atom. The molecule has 0 bridgehead atoms. The highest BCUT2D eigenvalue weighted by atomic mass is 19.1. The number of aromatic nitrogens is 2. The normalized spacial score (nSPS) is 23.8. The molecule has 0 spiro atoms. The van der Waals surface area contributed by atoms with Gasteiger partial charge in [0.15, 0.2) is 5.78 Å². The highest BCUT2D eigenvalue weighted by Gasteiger charge is 2.43. The first-order valence-corrected chi connectivity index (χ1v) is 23.2. The van der Waals surface area contributed by atoms with Gasteiger partial charge in [-0.15, -0.1) is 0 Å². The van der Waals surface area contributed by atoms with E-state index in [0.717, 1.165) is 61.8 Å². The molecule has 2 fully saturated rings. The molecule has 0 unspecified atom stereocenters. The molecule has 4 aromatic rings. The summed E-state index contributed by atoms with van der Waals surface area (Å²) in [7, 11) is 0. The van der Waals surface area contributed by atoms with E-state index in [1.165, 1.54) is 31.3 Å². The summed E-state index contributed by atoms with van der Waals surface area (Å²) in [4.78, 5) is 117. The largest absolute Gasteiger partial charge is 0.461 e. The Morgan fingerprint density at radius 1 is 0.778 bits per heavy atom. The number of likely N-dealkylation sites (N-methyl/N-ethyl adjacent to an activating group) is 2. The fraction of sp³-hybridized carbons (Fsp3) is 0.538. The number of ether oxygens (including phenoxy) is 2. The van der Waals surface area contributed by atoms with Gasteiger partial charge in [0.25, 0.3) is 0 Å². The Labute approximate surface area is 440 Å². The van der Waals surface area contributed by atoms with Crippen molar-refractivity contribution in [1.82, 2.24) is 40.2 Å². The summed E-state index contributed by atoms with van der Waals surface area (Å²) in [5, 5.41) is 3.81. The fourth-order valence-corrected chi connectivity index (χ4v) is 9.03. The summed E-state index contributed by atoms with van der Waals surface area (Å²) in [6, 6.07) is -4.14. The fourth-order valence-electron chi connectivity index (χ4n) is 9.03. The topological polar surface area (TPSA) is 224 Å². The maximum absolute atomic E-state index is 15.4. The molecule has 18 nitrogen and oxygen atoms in total. The summed E-state index contributed by atoms with van der Waals surface area (Å²) in [5.41, 5.74) is -1.64. The smallest absolute Gasteiger partial charge is 0.317 e. The number of benzene rings is 2. The molecule has 390 valence electrons. The van der Waals surface area contributed by atoms with Crippen molar-refractivity contribution >= 4 is 69.2 Å². The van der Waals surface area contributed by atoms with Crippen molar-refractivity contribution in [2.24, 2.45) is 5.92 Å². The third kappa shape index (κ3) is 11.9. The van der Waals surface area contributed by atoms with Crippen LogP contribution in [0.4, 0.5) is 13.6 Å². The van der Waals surface area contributed by atoms with Crippen LogP contribution < -0.4 is 10.6 Å². The maximum Gasteiger partial charge on any atom is 0.317 e. The number of Topliss-reactive ketones (excluding diaryl/α,β-unsaturated/α-hetero) is 1. The molecule has 4 heterocycles. The second-order valence-electron chi connectivity index (χ2n) is 17.7. The lowest BCUT2D eigenvalue weighted by Gasteiger charge is -2.31. The first-order chi connectivity index (χ1) is 40.3. The number of nitrogens with one attached hydrogen (secondary N) is 4. The van der Waals surface area contributed by atoms with Crippen molar-refractivity contribution in [2.45, 2.75) is 142 Å². The number of hydrogen-bond acceptors (Lipinski definition) is 10. The molecule has 2 aliphatic heterocycles.